The molecule has 0 unspecified atom stereocenters. The summed E-state index contributed by atoms with van der Waals surface area (Å²) in [7, 11) is 0. The van der Waals surface area contributed by atoms with Gasteiger partial charge in [-0.25, -0.2) is 0 Å². The van der Waals surface area contributed by atoms with Crippen LogP contribution >= 0.6 is 0 Å². The topological polar surface area (TPSA) is 24.9 Å². The molecule has 0 aliphatic heterocycles. The smallest absolute Gasteiger partial charge is 0.0346 e. The van der Waals surface area contributed by atoms with Gasteiger partial charge in [0, 0.05) is 30.4 Å². The number of aromatic nitrogens is 1. The van der Waals surface area contributed by atoms with Crippen LogP contribution in [0, 0.1) is 5.92 Å². The molecule has 0 bridgehead atoms. The molecule has 0 aliphatic carbocycles. The van der Waals surface area contributed by atoms with Crippen LogP contribution in [0.25, 0.3) is 10.8 Å². The van der Waals surface area contributed by atoms with E-state index in [9.17, 15) is 0 Å². The third-order valence-electron chi connectivity index (χ3n) is 5.15. The number of pyridine rings is 1. The summed E-state index contributed by atoms with van der Waals surface area (Å²) in [4.78, 5) is 4.19. The molecule has 26 heavy (non-hydrogen) atoms. The maximum Gasteiger partial charge on any atom is 0.0346 e. The molecule has 0 aliphatic rings. The zero-order valence-corrected chi connectivity index (χ0v) is 16.0. The minimum atomic E-state index is 0.568. The van der Waals surface area contributed by atoms with Crippen LogP contribution in [0.2, 0.25) is 0 Å². The fourth-order valence-corrected chi connectivity index (χ4v) is 3.50. The van der Waals surface area contributed by atoms with Gasteiger partial charge in [-0.1, -0.05) is 62.7 Å². The van der Waals surface area contributed by atoms with Gasteiger partial charge in [-0.05, 0) is 53.8 Å². The maximum atomic E-state index is 4.19. The lowest BCUT2D eigenvalue weighted by molar-refractivity contribution is 0.365. The first-order valence-electron chi connectivity index (χ1n) is 9.82. The minimum absolute atomic E-state index is 0.568. The fourth-order valence-electron chi connectivity index (χ4n) is 3.50. The molecule has 2 aromatic carbocycles. The molecule has 3 rings (SSSR count). The Bertz CT molecular complexity index is 795. The molecule has 136 valence electrons. The zero-order chi connectivity index (χ0) is 18.2. The number of nitrogens with one attached hydrogen (secondary N) is 1. The van der Waals surface area contributed by atoms with Gasteiger partial charge in [-0.3, -0.25) is 4.98 Å². The van der Waals surface area contributed by atoms with Crippen LogP contribution in [0.3, 0.4) is 0 Å². The average Bonchev–Trinajstić information content (AvgIpc) is 2.67. The molecule has 1 aromatic heterocycles. The maximum absolute atomic E-state index is 4.19. The molecular formula is C24H30N2. The summed E-state index contributed by atoms with van der Waals surface area (Å²) in [5.41, 5.74) is 2.80. The van der Waals surface area contributed by atoms with Crippen molar-refractivity contribution in [3.8, 4) is 0 Å². The normalized spacial score (nSPS) is 12.6. The number of benzene rings is 2. The van der Waals surface area contributed by atoms with E-state index < -0.39 is 0 Å². The highest BCUT2D eigenvalue weighted by molar-refractivity contribution is 5.81. The lowest BCUT2D eigenvalue weighted by atomic mass is 9.96. The summed E-state index contributed by atoms with van der Waals surface area (Å²) in [6, 6.07) is 20.1. The summed E-state index contributed by atoms with van der Waals surface area (Å²) < 4.78 is 0. The van der Waals surface area contributed by atoms with Gasteiger partial charge in [0.25, 0.3) is 0 Å². The molecule has 1 N–H and O–H groups in total. The largest absolute Gasteiger partial charge is 0.310 e. The second-order valence-electron chi connectivity index (χ2n) is 7.52. The lowest BCUT2D eigenvalue weighted by Crippen LogP contribution is -2.33. The molecule has 1 heterocycles. The van der Waals surface area contributed by atoms with Crippen molar-refractivity contribution >= 4 is 10.8 Å². The van der Waals surface area contributed by atoms with Gasteiger partial charge in [0.2, 0.25) is 0 Å². The second kappa shape index (κ2) is 9.49. The summed E-state index contributed by atoms with van der Waals surface area (Å²) in [6.07, 6.45) is 8.75. The van der Waals surface area contributed by atoms with Gasteiger partial charge in [0.1, 0.15) is 0 Å². The molecule has 2 nitrogen and oxygen atoms in total. The summed E-state index contributed by atoms with van der Waals surface area (Å²) in [5, 5.41) is 6.26. The fraction of sp³-hybridized carbons (Fsp3) is 0.375. The number of hydrogen-bond donors (Lipinski definition) is 1. The summed E-state index contributed by atoms with van der Waals surface area (Å²) >= 11 is 0. The molecule has 0 amide bonds. The Kier molecular flexibility index (Phi) is 6.79. The number of rotatable bonds is 9. The zero-order valence-electron chi connectivity index (χ0n) is 16.0. The molecule has 3 aromatic rings. The molecule has 0 saturated heterocycles. The van der Waals surface area contributed by atoms with Crippen LogP contribution in [0.15, 0.2) is 67.0 Å². The highest BCUT2D eigenvalue weighted by Gasteiger charge is 2.12. The molecule has 2 heteroatoms. The van der Waals surface area contributed by atoms with E-state index in [2.05, 4.69) is 78.7 Å². The van der Waals surface area contributed by atoms with Gasteiger partial charge < -0.3 is 5.32 Å². The van der Waals surface area contributed by atoms with Crippen molar-refractivity contribution in [1.82, 2.24) is 10.3 Å². The Balaban J connectivity index is 1.48. The Morgan fingerprint density at radius 1 is 0.885 bits per heavy atom. The molecule has 1 atom stereocenters. The van der Waals surface area contributed by atoms with Gasteiger partial charge >= 0.3 is 0 Å². The quantitative estimate of drug-likeness (QED) is 0.498. The summed E-state index contributed by atoms with van der Waals surface area (Å²) in [5.74, 6) is 0.649. The van der Waals surface area contributed by atoms with E-state index in [4.69, 9.17) is 0 Å². The van der Waals surface area contributed by atoms with Crippen molar-refractivity contribution in [2.24, 2.45) is 5.92 Å². The van der Waals surface area contributed by atoms with Crippen molar-refractivity contribution in [2.45, 2.75) is 52.1 Å². The average molecular weight is 347 g/mol. The first-order chi connectivity index (χ1) is 12.7. The van der Waals surface area contributed by atoms with Crippen LogP contribution in [0.1, 0.15) is 44.2 Å². The Labute approximate surface area is 157 Å². The Morgan fingerprint density at radius 3 is 2.54 bits per heavy atom. The first kappa shape index (κ1) is 18.6. The minimum Gasteiger partial charge on any atom is -0.310 e. The molecule has 0 fully saturated rings. The third-order valence-corrected chi connectivity index (χ3v) is 5.15. The number of aryl methyl sites for hydroxylation is 1. The van der Waals surface area contributed by atoms with E-state index in [-0.39, 0.29) is 0 Å². The van der Waals surface area contributed by atoms with E-state index in [0.29, 0.717) is 12.0 Å². The molecule has 0 spiro atoms. The standard InChI is InChI=1S/C24H30N2/c1-19(2)24(11-7-6-10-20-8-4-3-5-9-20)26-17-21-12-13-23-18-25-15-14-22(23)16-21/h3-5,8-9,12-16,18-19,24,26H,6-7,10-11,17H2,1-2H3/t24-/m0/s1. The monoisotopic (exact) mass is 346 g/mol. The predicted octanol–water partition coefficient (Wildman–Crippen LogP) is 5.76. The van der Waals surface area contributed by atoms with Gasteiger partial charge in [0.05, 0.1) is 0 Å². The van der Waals surface area contributed by atoms with Crippen LogP contribution in [-0.4, -0.2) is 11.0 Å². The second-order valence-corrected chi connectivity index (χ2v) is 7.52. The van der Waals surface area contributed by atoms with Crippen LogP contribution in [0.5, 0.6) is 0 Å². The Hall–Kier alpha value is -2.19. The van der Waals surface area contributed by atoms with Crippen molar-refractivity contribution < 1.29 is 0 Å². The van der Waals surface area contributed by atoms with Gasteiger partial charge in [-0.2, -0.15) is 0 Å². The van der Waals surface area contributed by atoms with E-state index in [0.717, 1.165) is 6.54 Å². The van der Waals surface area contributed by atoms with Crippen molar-refractivity contribution in [3.63, 3.8) is 0 Å². The lowest BCUT2D eigenvalue weighted by Gasteiger charge is -2.23. The van der Waals surface area contributed by atoms with E-state index in [1.54, 1.807) is 0 Å². The SMILES string of the molecule is CC(C)[C@H](CCCCc1ccccc1)NCc1ccc2cnccc2c1. The summed E-state index contributed by atoms with van der Waals surface area (Å²) in [6.45, 7) is 5.57. The Morgan fingerprint density at radius 2 is 1.73 bits per heavy atom. The highest BCUT2D eigenvalue weighted by Crippen LogP contribution is 2.17. The van der Waals surface area contributed by atoms with E-state index in [1.165, 1.54) is 47.6 Å². The van der Waals surface area contributed by atoms with Crippen molar-refractivity contribution in [1.29, 1.82) is 0 Å². The number of nitrogens with zero attached hydrogens (tertiary/aromatic N) is 1. The number of unbranched alkanes of at least 4 members (excludes halogenated alkanes) is 1. The predicted molar refractivity (Wildman–Crippen MR) is 111 cm³/mol. The first-order valence-corrected chi connectivity index (χ1v) is 9.82. The van der Waals surface area contributed by atoms with Gasteiger partial charge in [0.15, 0.2) is 0 Å². The number of fused-ring (bicyclic) bond motifs is 1. The number of hydrogen-bond acceptors (Lipinski definition) is 2. The highest BCUT2D eigenvalue weighted by atomic mass is 14.9. The van der Waals surface area contributed by atoms with Crippen LogP contribution < -0.4 is 5.32 Å². The third kappa shape index (κ3) is 5.40. The molecular weight excluding hydrogens is 316 g/mol. The van der Waals surface area contributed by atoms with Crippen molar-refractivity contribution in [3.05, 3.63) is 78.1 Å². The molecule has 0 radical (unpaired) electrons. The van der Waals surface area contributed by atoms with E-state index >= 15 is 0 Å². The van der Waals surface area contributed by atoms with Crippen molar-refractivity contribution in [2.75, 3.05) is 0 Å². The molecule has 0 saturated carbocycles. The van der Waals surface area contributed by atoms with Crippen LogP contribution in [0.4, 0.5) is 0 Å². The van der Waals surface area contributed by atoms with Gasteiger partial charge in [-0.15, -0.1) is 0 Å². The van der Waals surface area contributed by atoms with E-state index in [1.807, 2.05) is 12.4 Å². The van der Waals surface area contributed by atoms with Crippen LogP contribution in [-0.2, 0) is 13.0 Å².